The van der Waals surface area contributed by atoms with E-state index >= 15 is 0 Å². The van der Waals surface area contributed by atoms with E-state index in [1.54, 1.807) is 0 Å². The summed E-state index contributed by atoms with van der Waals surface area (Å²) < 4.78 is 0. The number of aliphatic hydroxyl groups excluding tert-OH is 1. The average molecular weight is 306 g/mol. The largest absolute Gasteiger partial charge is 0.396 e. The predicted octanol–water partition coefficient (Wildman–Crippen LogP) is 2.59. The van der Waals surface area contributed by atoms with Crippen molar-refractivity contribution in [2.45, 2.75) is 13.3 Å². The van der Waals surface area contributed by atoms with E-state index in [2.05, 4.69) is 20.6 Å². The molecule has 0 saturated carbocycles. The quantitative estimate of drug-likeness (QED) is 0.619. The van der Waals surface area contributed by atoms with Crippen molar-refractivity contribution >= 4 is 34.4 Å². The van der Waals surface area contributed by atoms with Gasteiger partial charge in [-0.1, -0.05) is 12.1 Å². The van der Waals surface area contributed by atoms with E-state index in [0.717, 1.165) is 47.7 Å². The molecule has 3 N–H and O–H groups in total. The number of hydrogen-bond donors (Lipinski definition) is 3. The molecule has 0 aliphatic heterocycles. The van der Waals surface area contributed by atoms with Crippen molar-refractivity contribution in [3.63, 3.8) is 0 Å². The Hall–Kier alpha value is -1.53. The second-order valence-corrected chi connectivity index (χ2v) is 5.78. The van der Waals surface area contributed by atoms with Crippen LogP contribution in [0.2, 0.25) is 0 Å². The Morgan fingerprint density at radius 2 is 2.00 bits per heavy atom. The van der Waals surface area contributed by atoms with Gasteiger partial charge in [-0.15, -0.1) is 0 Å². The number of thioether (sulfide) groups is 1. The average Bonchev–Trinajstić information content (AvgIpc) is 2.51. The van der Waals surface area contributed by atoms with Crippen molar-refractivity contribution in [1.29, 1.82) is 0 Å². The van der Waals surface area contributed by atoms with Crippen LogP contribution in [0.4, 0.5) is 11.8 Å². The second-order valence-electron chi connectivity index (χ2n) is 4.56. The molecule has 2 rings (SSSR count). The minimum Gasteiger partial charge on any atom is -0.396 e. The summed E-state index contributed by atoms with van der Waals surface area (Å²) in [5, 5.41) is 16.3. The molecule has 0 spiro atoms. The molecule has 0 radical (unpaired) electrons. The van der Waals surface area contributed by atoms with Crippen LogP contribution in [0.3, 0.4) is 0 Å². The molecule has 0 atom stereocenters. The van der Waals surface area contributed by atoms with Gasteiger partial charge in [-0.25, -0.2) is 4.98 Å². The zero-order valence-electron chi connectivity index (χ0n) is 12.3. The van der Waals surface area contributed by atoms with Gasteiger partial charge in [0.05, 0.1) is 5.52 Å². The summed E-state index contributed by atoms with van der Waals surface area (Å²) in [4.78, 5) is 9.04. The fourth-order valence-electron chi connectivity index (χ4n) is 1.96. The third kappa shape index (κ3) is 4.75. The summed E-state index contributed by atoms with van der Waals surface area (Å²) in [6.45, 7) is 3.95. The number of para-hydroxylation sites is 1. The topological polar surface area (TPSA) is 70.1 Å². The summed E-state index contributed by atoms with van der Waals surface area (Å²) in [7, 11) is 0. The Labute approximate surface area is 129 Å². The van der Waals surface area contributed by atoms with Crippen molar-refractivity contribution in [2.24, 2.45) is 0 Å². The van der Waals surface area contributed by atoms with Crippen LogP contribution >= 0.6 is 11.8 Å². The number of aliphatic hydroxyl groups is 1. The maximum Gasteiger partial charge on any atom is 0.225 e. The maximum atomic E-state index is 8.75. The lowest BCUT2D eigenvalue weighted by molar-refractivity contribution is 0.296. The van der Waals surface area contributed by atoms with E-state index in [4.69, 9.17) is 5.11 Å². The van der Waals surface area contributed by atoms with E-state index in [-0.39, 0.29) is 6.61 Å². The van der Waals surface area contributed by atoms with Crippen molar-refractivity contribution in [1.82, 2.24) is 9.97 Å². The Morgan fingerprint density at radius 1 is 1.14 bits per heavy atom. The van der Waals surface area contributed by atoms with Gasteiger partial charge in [0.1, 0.15) is 5.82 Å². The lowest BCUT2D eigenvalue weighted by atomic mass is 10.2. The number of anilines is 2. The van der Waals surface area contributed by atoms with Gasteiger partial charge in [0.15, 0.2) is 0 Å². The molecule has 1 aromatic carbocycles. The predicted molar refractivity (Wildman–Crippen MR) is 91.2 cm³/mol. The Bertz CT molecular complexity index is 564. The molecule has 5 nitrogen and oxygen atoms in total. The minimum atomic E-state index is 0.267. The molecule has 0 saturated heterocycles. The monoisotopic (exact) mass is 306 g/mol. The number of nitrogens with zero attached hydrogens (tertiary/aromatic N) is 2. The summed E-state index contributed by atoms with van der Waals surface area (Å²) in [5.41, 5.74) is 0.943. The first-order chi connectivity index (χ1) is 10.3. The molecule has 2 aromatic rings. The standard InChI is InChI=1S/C15H22N4OS/c1-2-16-15-18-13-7-4-3-6-12(13)14(19-15)17-8-11-21-10-5-9-20/h3-4,6-7,20H,2,5,8-11H2,1H3,(H2,16,17,18,19). The Morgan fingerprint density at radius 3 is 2.81 bits per heavy atom. The first kappa shape index (κ1) is 15.9. The van der Waals surface area contributed by atoms with Crippen LogP contribution in [0.1, 0.15) is 13.3 Å². The fraction of sp³-hybridized carbons (Fsp3) is 0.467. The molecule has 1 aromatic heterocycles. The molecule has 1 heterocycles. The summed E-state index contributed by atoms with van der Waals surface area (Å²) in [5.74, 6) is 3.52. The molecule has 21 heavy (non-hydrogen) atoms. The first-order valence-electron chi connectivity index (χ1n) is 7.28. The highest BCUT2D eigenvalue weighted by atomic mass is 32.2. The van der Waals surface area contributed by atoms with Gasteiger partial charge in [-0.3, -0.25) is 0 Å². The Balaban J connectivity index is 2.03. The van der Waals surface area contributed by atoms with E-state index < -0.39 is 0 Å². The van der Waals surface area contributed by atoms with Gasteiger partial charge in [0.2, 0.25) is 5.95 Å². The Kier molecular flexibility index (Phi) is 6.56. The smallest absolute Gasteiger partial charge is 0.225 e. The molecule has 114 valence electrons. The number of hydrogen-bond acceptors (Lipinski definition) is 6. The fourth-order valence-corrected chi connectivity index (χ4v) is 2.74. The molecule has 6 heteroatoms. The molecular formula is C15H22N4OS. The van der Waals surface area contributed by atoms with Crippen LogP contribution in [0.25, 0.3) is 10.9 Å². The van der Waals surface area contributed by atoms with Gasteiger partial charge < -0.3 is 15.7 Å². The highest BCUT2D eigenvalue weighted by Crippen LogP contribution is 2.21. The van der Waals surface area contributed by atoms with Gasteiger partial charge in [0, 0.05) is 30.8 Å². The molecule has 0 aliphatic rings. The van der Waals surface area contributed by atoms with E-state index in [9.17, 15) is 0 Å². The molecular weight excluding hydrogens is 284 g/mol. The highest BCUT2D eigenvalue weighted by Gasteiger charge is 2.06. The molecule has 0 fully saturated rings. The number of nitrogens with one attached hydrogen (secondary N) is 2. The summed E-state index contributed by atoms with van der Waals surface area (Å²) in [6.07, 6.45) is 0.853. The van der Waals surface area contributed by atoms with Crippen molar-refractivity contribution in [2.75, 3.05) is 41.8 Å². The van der Waals surface area contributed by atoms with Gasteiger partial charge >= 0.3 is 0 Å². The minimum absolute atomic E-state index is 0.267. The lowest BCUT2D eigenvalue weighted by Gasteiger charge is -2.11. The van der Waals surface area contributed by atoms with E-state index in [1.165, 1.54) is 0 Å². The second kappa shape index (κ2) is 8.69. The van der Waals surface area contributed by atoms with Crippen molar-refractivity contribution < 1.29 is 5.11 Å². The molecule has 0 amide bonds. The van der Waals surface area contributed by atoms with Gasteiger partial charge in [0.25, 0.3) is 0 Å². The zero-order chi connectivity index (χ0) is 14.9. The van der Waals surface area contributed by atoms with Gasteiger partial charge in [-0.2, -0.15) is 16.7 Å². The van der Waals surface area contributed by atoms with Crippen LogP contribution in [0, 0.1) is 0 Å². The zero-order valence-corrected chi connectivity index (χ0v) is 13.1. The van der Waals surface area contributed by atoms with Crippen LogP contribution in [0.15, 0.2) is 24.3 Å². The van der Waals surface area contributed by atoms with Crippen LogP contribution in [-0.2, 0) is 0 Å². The first-order valence-corrected chi connectivity index (χ1v) is 8.43. The third-order valence-electron chi connectivity index (χ3n) is 2.92. The molecule has 0 unspecified atom stereocenters. The molecule has 0 aliphatic carbocycles. The highest BCUT2D eigenvalue weighted by molar-refractivity contribution is 7.99. The SMILES string of the molecule is CCNc1nc(NCCSCCCO)c2ccccc2n1. The van der Waals surface area contributed by atoms with Gasteiger partial charge in [-0.05, 0) is 31.2 Å². The number of benzene rings is 1. The van der Waals surface area contributed by atoms with Crippen LogP contribution < -0.4 is 10.6 Å². The van der Waals surface area contributed by atoms with Crippen LogP contribution in [0.5, 0.6) is 0 Å². The number of fused-ring (bicyclic) bond motifs is 1. The van der Waals surface area contributed by atoms with Crippen molar-refractivity contribution in [3.05, 3.63) is 24.3 Å². The summed E-state index contributed by atoms with van der Waals surface area (Å²) >= 11 is 1.84. The third-order valence-corrected chi connectivity index (χ3v) is 3.99. The molecule has 0 bridgehead atoms. The summed E-state index contributed by atoms with van der Waals surface area (Å²) in [6, 6.07) is 8.02. The van der Waals surface area contributed by atoms with Crippen molar-refractivity contribution in [3.8, 4) is 0 Å². The normalized spacial score (nSPS) is 10.8. The van der Waals surface area contributed by atoms with E-state index in [0.29, 0.717) is 5.95 Å². The number of aromatic nitrogens is 2. The number of rotatable bonds is 9. The van der Waals surface area contributed by atoms with E-state index in [1.807, 2.05) is 43.0 Å². The maximum absolute atomic E-state index is 8.75. The lowest BCUT2D eigenvalue weighted by Crippen LogP contribution is -2.10. The van der Waals surface area contributed by atoms with Crippen LogP contribution in [-0.4, -0.2) is 46.3 Å².